The van der Waals surface area contributed by atoms with Crippen LogP contribution in [-0.4, -0.2) is 61.3 Å². The van der Waals surface area contributed by atoms with E-state index in [1.807, 2.05) is 18.7 Å². The third kappa shape index (κ3) is 5.63. The molecule has 2 heterocycles. The highest BCUT2D eigenvalue weighted by molar-refractivity contribution is 5.95. The lowest BCUT2D eigenvalue weighted by atomic mass is 9.94. The van der Waals surface area contributed by atoms with Crippen LogP contribution >= 0.6 is 0 Å². The predicted octanol–water partition coefficient (Wildman–Crippen LogP) is 2.77. The van der Waals surface area contributed by atoms with Gasteiger partial charge in [-0.3, -0.25) is 9.59 Å². The summed E-state index contributed by atoms with van der Waals surface area (Å²) >= 11 is 0. The number of amides is 2. The lowest BCUT2D eigenvalue weighted by molar-refractivity contribution is -0.130. The van der Waals surface area contributed by atoms with E-state index >= 15 is 0 Å². The zero-order valence-electron chi connectivity index (χ0n) is 17.8. The first-order valence-corrected chi connectivity index (χ1v) is 10.3. The van der Waals surface area contributed by atoms with Crippen molar-refractivity contribution in [2.24, 2.45) is 0 Å². The molecule has 1 atom stereocenters. The monoisotopic (exact) mass is 404 g/mol. The van der Waals surface area contributed by atoms with Crippen LogP contribution < -0.4 is 14.8 Å². The molecule has 1 aromatic carbocycles. The zero-order chi connectivity index (χ0) is 21.0. The lowest BCUT2D eigenvalue weighted by Gasteiger charge is -2.35. The van der Waals surface area contributed by atoms with Crippen LogP contribution in [0, 0.1) is 0 Å². The van der Waals surface area contributed by atoms with E-state index in [9.17, 15) is 9.59 Å². The molecule has 29 heavy (non-hydrogen) atoms. The van der Waals surface area contributed by atoms with Crippen molar-refractivity contribution in [1.29, 1.82) is 0 Å². The lowest BCUT2D eigenvalue weighted by Crippen LogP contribution is -2.45. The number of likely N-dealkylation sites (tertiary alicyclic amines) is 1. The molecule has 2 fully saturated rings. The molecule has 0 bridgehead atoms. The van der Waals surface area contributed by atoms with Crippen LogP contribution in [0.3, 0.4) is 0 Å². The van der Waals surface area contributed by atoms with Gasteiger partial charge in [-0.2, -0.15) is 0 Å². The van der Waals surface area contributed by atoms with E-state index in [0.717, 1.165) is 25.7 Å². The molecule has 2 aliphatic rings. The fourth-order valence-corrected chi connectivity index (χ4v) is 4.00. The van der Waals surface area contributed by atoms with Gasteiger partial charge in [-0.15, -0.1) is 0 Å². The van der Waals surface area contributed by atoms with Crippen LogP contribution in [0.5, 0.6) is 11.5 Å². The highest BCUT2D eigenvalue weighted by atomic mass is 16.5. The molecule has 2 saturated heterocycles. The van der Waals surface area contributed by atoms with Crippen molar-refractivity contribution >= 4 is 11.8 Å². The molecule has 3 rings (SSSR count). The fraction of sp³-hybridized carbons (Fsp3) is 0.636. The normalized spacial score (nSPS) is 22.1. The summed E-state index contributed by atoms with van der Waals surface area (Å²) < 4.78 is 17.3. The molecule has 7 nitrogen and oxygen atoms in total. The topological polar surface area (TPSA) is 77.1 Å². The molecule has 0 saturated carbocycles. The molecule has 2 amide bonds. The molecule has 2 aliphatic heterocycles. The van der Waals surface area contributed by atoms with Gasteiger partial charge in [-0.25, -0.2) is 0 Å². The summed E-state index contributed by atoms with van der Waals surface area (Å²) in [6.45, 7) is 7.73. The van der Waals surface area contributed by atoms with Gasteiger partial charge in [0, 0.05) is 51.1 Å². The molecule has 0 radical (unpaired) electrons. The second-order valence-electron chi connectivity index (χ2n) is 8.46. The van der Waals surface area contributed by atoms with Gasteiger partial charge >= 0.3 is 0 Å². The van der Waals surface area contributed by atoms with Crippen molar-refractivity contribution in [1.82, 2.24) is 10.2 Å². The van der Waals surface area contributed by atoms with Crippen LogP contribution in [0.2, 0.25) is 0 Å². The summed E-state index contributed by atoms with van der Waals surface area (Å²) in [6, 6.07) is 5.38. The minimum atomic E-state index is -0.219. The zero-order valence-corrected chi connectivity index (χ0v) is 17.8. The van der Waals surface area contributed by atoms with E-state index in [2.05, 4.69) is 5.32 Å². The molecule has 0 aliphatic carbocycles. The molecule has 160 valence electrons. The first-order valence-electron chi connectivity index (χ1n) is 10.3. The average molecular weight is 405 g/mol. The number of carbonyl (C=O) groups excluding carboxylic acids is 2. The SMILES string of the molecule is COc1cc(C(=O)N[C@H]2CCOC(C)(C)C2)ccc1OC1CCN(C(C)=O)CC1. The Hall–Kier alpha value is -2.28. The Balaban J connectivity index is 1.61. The highest BCUT2D eigenvalue weighted by Gasteiger charge is 2.30. The Bertz CT molecular complexity index is 741. The van der Waals surface area contributed by atoms with Crippen molar-refractivity contribution in [3.8, 4) is 11.5 Å². The molecular weight excluding hydrogens is 372 g/mol. The van der Waals surface area contributed by atoms with Gasteiger partial charge in [-0.1, -0.05) is 0 Å². The van der Waals surface area contributed by atoms with Gasteiger partial charge in [0.25, 0.3) is 5.91 Å². The number of ether oxygens (including phenoxy) is 3. The fourth-order valence-electron chi connectivity index (χ4n) is 4.00. The van der Waals surface area contributed by atoms with Crippen LogP contribution in [0.25, 0.3) is 0 Å². The Morgan fingerprint density at radius 1 is 1.17 bits per heavy atom. The summed E-state index contributed by atoms with van der Waals surface area (Å²) in [5.41, 5.74) is 0.327. The maximum atomic E-state index is 12.7. The first kappa shape index (κ1) is 21.4. The second kappa shape index (κ2) is 9.03. The van der Waals surface area contributed by atoms with Gasteiger partial charge in [0.15, 0.2) is 11.5 Å². The summed E-state index contributed by atoms with van der Waals surface area (Å²) in [5, 5.41) is 3.11. The van der Waals surface area contributed by atoms with Gasteiger partial charge in [-0.05, 0) is 44.9 Å². The number of benzene rings is 1. The minimum Gasteiger partial charge on any atom is -0.493 e. The highest BCUT2D eigenvalue weighted by Crippen LogP contribution is 2.31. The molecule has 7 heteroatoms. The summed E-state index contributed by atoms with van der Waals surface area (Å²) in [6.07, 6.45) is 3.20. The van der Waals surface area contributed by atoms with Crippen LogP contribution in [0.15, 0.2) is 18.2 Å². The van der Waals surface area contributed by atoms with Crippen molar-refractivity contribution in [3.63, 3.8) is 0 Å². The van der Waals surface area contributed by atoms with Gasteiger partial charge in [0.2, 0.25) is 5.91 Å². The first-order chi connectivity index (χ1) is 13.8. The van der Waals surface area contributed by atoms with Gasteiger partial charge in [0.1, 0.15) is 6.10 Å². The number of nitrogens with zero attached hydrogens (tertiary/aromatic N) is 1. The van der Waals surface area contributed by atoms with E-state index in [1.54, 1.807) is 32.2 Å². The Morgan fingerprint density at radius 2 is 1.90 bits per heavy atom. The molecule has 0 unspecified atom stereocenters. The van der Waals surface area contributed by atoms with E-state index in [1.165, 1.54) is 0 Å². The summed E-state index contributed by atoms with van der Waals surface area (Å²) in [4.78, 5) is 26.0. The molecule has 1 N–H and O–H groups in total. The number of hydrogen-bond acceptors (Lipinski definition) is 5. The van der Waals surface area contributed by atoms with Crippen molar-refractivity contribution in [3.05, 3.63) is 23.8 Å². The molecule has 0 aromatic heterocycles. The standard InChI is InChI=1S/C22H32N2O5/c1-15(25)24-10-7-18(8-11-24)29-19-6-5-16(13-20(19)27-4)21(26)23-17-9-12-28-22(2,3)14-17/h5-6,13,17-18H,7-12,14H2,1-4H3,(H,23,26)/t17-/m0/s1. The quantitative estimate of drug-likeness (QED) is 0.817. The van der Waals surface area contributed by atoms with Crippen LogP contribution in [0.4, 0.5) is 0 Å². The summed E-state index contributed by atoms with van der Waals surface area (Å²) in [5.74, 6) is 1.15. The Kier molecular flexibility index (Phi) is 6.67. The maximum Gasteiger partial charge on any atom is 0.251 e. The van der Waals surface area contributed by atoms with Crippen molar-refractivity contribution in [2.45, 2.75) is 64.2 Å². The number of piperidine rings is 1. The number of nitrogens with one attached hydrogen (secondary N) is 1. The molecular formula is C22H32N2O5. The third-order valence-electron chi connectivity index (χ3n) is 5.64. The van der Waals surface area contributed by atoms with Gasteiger partial charge < -0.3 is 24.4 Å². The molecule has 0 spiro atoms. The van der Waals surface area contributed by atoms with E-state index in [-0.39, 0.29) is 29.6 Å². The number of hydrogen-bond donors (Lipinski definition) is 1. The predicted molar refractivity (Wildman–Crippen MR) is 109 cm³/mol. The van der Waals surface area contributed by atoms with Crippen molar-refractivity contribution < 1.29 is 23.8 Å². The Labute approximate surface area is 172 Å². The second-order valence-corrected chi connectivity index (χ2v) is 8.46. The van der Waals surface area contributed by atoms with Crippen molar-refractivity contribution in [2.75, 3.05) is 26.8 Å². The van der Waals surface area contributed by atoms with Gasteiger partial charge in [0.05, 0.1) is 12.7 Å². The largest absolute Gasteiger partial charge is 0.493 e. The Morgan fingerprint density at radius 3 is 2.52 bits per heavy atom. The molecule has 1 aromatic rings. The maximum absolute atomic E-state index is 12.7. The number of rotatable bonds is 5. The van der Waals surface area contributed by atoms with E-state index < -0.39 is 0 Å². The number of methoxy groups -OCH3 is 1. The van der Waals surface area contributed by atoms with Crippen LogP contribution in [-0.2, 0) is 9.53 Å². The van der Waals surface area contributed by atoms with E-state index in [4.69, 9.17) is 14.2 Å². The third-order valence-corrected chi connectivity index (χ3v) is 5.64. The van der Waals surface area contributed by atoms with E-state index in [0.29, 0.717) is 36.8 Å². The van der Waals surface area contributed by atoms with Crippen LogP contribution in [0.1, 0.15) is 56.8 Å². The summed E-state index contributed by atoms with van der Waals surface area (Å²) in [7, 11) is 1.57. The number of carbonyl (C=O) groups is 2. The minimum absolute atomic E-state index is 0.0312. The average Bonchev–Trinajstić information content (AvgIpc) is 2.67. The smallest absolute Gasteiger partial charge is 0.251 e.